The molecule has 0 aliphatic heterocycles. The van der Waals surface area contributed by atoms with E-state index in [-0.39, 0.29) is 11.2 Å². The Morgan fingerprint density at radius 1 is 0.912 bits per heavy atom. The molecule has 7 rings (SSSR count). The minimum atomic E-state index is -0.858. The van der Waals surface area contributed by atoms with Gasteiger partial charge >= 0.3 is 6.48 Å². The van der Waals surface area contributed by atoms with E-state index in [1.54, 1.807) is 7.11 Å². The van der Waals surface area contributed by atoms with E-state index in [9.17, 15) is 5.11 Å². The maximum absolute atomic E-state index is 11.5. The van der Waals surface area contributed by atoms with Crippen molar-refractivity contribution in [3.05, 3.63) is 60.2 Å². The van der Waals surface area contributed by atoms with Gasteiger partial charge in [-0.05, 0) is 103 Å². The fourth-order valence-corrected chi connectivity index (χ4v) is 7.52. The van der Waals surface area contributed by atoms with E-state index in [1.807, 2.05) is 6.92 Å². The lowest BCUT2D eigenvalue weighted by Gasteiger charge is -2.57. The van der Waals surface area contributed by atoms with Crippen LogP contribution in [0.2, 0.25) is 0 Å². The van der Waals surface area contributed by atoms with Gasteiger partial charge in [-0.2, -0.15) is 0 Å². The number of phenolic OH excluding ortho intramolecular Hbond substituents is 1. The molecule has 1 unspecified atom stereocenters. The summed E-state index contributed by atoms with van der Waals surface area (Å²) in [5, 5.41) is 13.8. The quantitative estimate of drug-likeness (QED) is 0.386. The maximum atomic E-state index is 11.5. The second-order valence-electron chi connectivity index (χ2n) is 10.7. The van der Waals surface area contributed by atoms with Gasteiger partial charge in [0.2, 0.25) is 0 Å². The summed E-state index contributed by atoms with van der Waals surface area (Å²) in [6.07, 6.45) is 7.93. The van der Waals surface area contributed by atoms with Crippen molar-refractivity contribution in [3.8, 4) is 22.6 Å². The fraction of sp³-hybridized carbons (Fsp3) is 0.467. The van der Waals surface area contributed by atoms with Crippen molar-refractivity contribution in [2.75, 3.05) is 13.7 Å². The standard InChI is InChI=1S/C30H34O4/c1-3-33-29(32-2)34-27-15-23(30-16-19-11-20(17-30)13-21(12-19)18-30)14-26(28(27)31)25-10-6-8-22-7-4-5-9-24(22)25/h4-10,14-15,19-21,29,31H,3,11-13,16-18H2,1-2H3. The summed E-state index contributed by atoms with van der Waals surface area (Å²) in [6.45, 7) is 1.51. The van der Waals surface area contributed by atoms with Gasteiger partial charge in [-0.1, -0.05) is 42.5 Å². The number of aromatic hydroxyl groups is 1. The lowest BCUT2D eigenvalue weighted by Crippen LogP contribution is -2.48. The molecule has 4 saturated carbocycles. The van der Waals surface area contributed by atoms with Crippen LogP contribution in [0, 0.1) is 17.8 Å². The summed E-state index contributed by atoms with van der Waals surface area (Å²) >= 11 is 0. The van der Waals surface area contributed by atoms with Gasteiger partial charge in [0.05, 0.1) is 6.61 Å². The molecule has 4 nitrogen and oxygen atoms in total. The largest absolute Gasteiger partial charge is 0.504 e. The predicted octanol–water partition coefficient (Wildman–Crippen LogP) is 7.03. The van der Waals surface area contributed by atoms with Crippen molar-refractivity contribution in [2.24, 2.45) is 17.8 Å². The summed E-state index contributed by atoms with van der Waals surface area (Å²) in [7, 11) is 1.56. The molecule has 1 atom stereocenters. The molecule has 4 heteroatoms. The van der Waals surface area contributed by atoms with Gasteiger partial charge in [-0.3, -0.25) is 0 Å². The highest BCUT2D eigenvalue weighted by Gasteiger charge is 2.52. The summed E-state index contributed by atoms with van der Waals surface area (Å²) in [6, 6.07) is 18.9. The molecule has 0 amide bonds. The zero-order chi connectivity index (χ0) is 23.3. The van der Waals surface area contributed by atoms with E-state index in [2.05, 4.69) is 54.6 Å². The second kappa shape index (κ2) is 8.58. The number of benzene rings is 3. The van der Waals surface area contributed by atoms with Gasteiger partial charge in [0, 0.05) is 12.7 Å². The highest BCUT2D eigenvalue weighted by Crippen LogP contribution is 2.61. The van der Waals surface area contributed by atoms with Crippen LogP contribution in [0.1, 0.15) is 51.0 Å². The number of rotatable bonds is 7. The first-order chi connectivity index (χ1) is 16.6. The smallest absolute Gasteiger partial charge is 0.315 e. The first-order valence-corrected chi connectivity index (χ1v) is 12.7. The molecule has 4 aliphatic carbocycles. The summed E-state index contributed by atoms with van der Waals surface area (Å²) in [5.41, 5.74) is 3.33. The molecule has 34 heavy (non-hydrogen) atoms. The number of hydrogen-bond donors (Lipinski definition) is 1. The SMILES string of the molecule is CCOC(OC)Oc1cc(C23CC4CC(CC(C4)C2)C3)cc(-c2cccc3ccccc23)c1O. The van der Waals surface area contributed by atoms with Crippen LogP contribution in [-0.2, 0) is 14.9 Å². The van der Waals surface area contributed by atoms with Crippen LogP contribution in [-0.4, -0.2) is 25.3 Å². The third-order valence-corrected chi connectivity index (χ3v) is 8.52. The highest BCUT2D eigenvalue weighted by molar-refractivity contribution is 5.98. The molecule has 0 aromatic heterocycles. The lowest BCUT2D eigenvalue weighted by molar-refractivity contribution is -0.231. The van der Waals surface area contributed by atoms with Crippen molar-refractivity contribution in [1.82, 2.24) is 0 Å². The van der Waals surface area contributed by atoms with Gasteiger partial charge in [0.15, 0.2) is 11.5 Å². The number of fused-ring (bicyclic) bond motifs is 1. The minimum absolute atomic E-state index is 0.145. The second-order valence-corrected chi connectivity index (χ2v) is 10.7. The molecule has 1 N–H and O–H groups in total. The normalized spacial score (nSPS) is 28.4. The Labute approximate surface area is 201 Å². The molecule has 178 valence electrons. The lowest BCUT2D eigenvalue weighted by atomic mass is 9.48. The molecule has 0 radical (unpaired) electrons. The summed E-state index contributed by atoms with van der Waals surface area (Å²) in [4.78, 5) is 0. The van der Waals surface area contributed by atoms with Gasteiger partial charge < -0.3 is 19.3 Å². The molecule has 0 heterocycles. The number of ether oxygens (including phenoxy) is 3. The topological polar surface area (TPSA) is 47.9 Å². The summed E-state index contributed by atoms with van der Waals surface area (Å²) in [5.74, 6) is 3.09. The zero-order valence-corrected chi connectivity index (χ0v) is 20.1. The van der Waals surface area contributed by atoms with Crippen molar-refractivity contribution < 1.29 is 19.3 Å². The Hall–Kier alpha value is -2.56. The fourth-order valence-electron chi connectivity index (χ4n) is 7.52. The van der Waals surface area contributed by atoms with Crippen LogP contribution in [0.3, 0.4) is 0 Å². The molecular formula is C30H34O4. The average Bonchev–Trinajstić information content (AvgIpc) is 2.83. The molecule has 0 spiro atoms. The number of hydrogen-bond acceptors (Lipinski definition) is 4. The van der Waals surface area contributed by atoms with Crippen molar-refractivity contribution in [1.29, 1.82) is 0 Å². The number of methoxy groups -OCH3 is 1. The van der Waals surface area contributed by atoms with E-state index < -0.39 is 6.48 Å². The van der Waals surface area contributed by atoms with Crippen LogP contribution >= 0.6 is 0 Å². The van der Waals surface area contributed by atoms with E-state index in [0.29, 0.717) is 12.4 Å². The zero-order valence-electron chi connectivity index (χ0n) is 20.1. The third-order valence-electron chi connectivity index (χ3n) is 8.52. The average molecular weight is 459 g/mol. The van der Waals surface area contributed by atoms with Crippen molar-refractivity contribution in [2.45, 2.75) is 57.3 Å². The van der Waals surface area contributed by atoms with Gasteiger partial charge in [-0.15, -0.1) is 0 Å². The van der Waals surface area contributed by atoms with Crippen molar-refractivity contribution in [3.63, 3.8) is 0 Å². The number of phenols is 1. The molecule has 3 aromatic rings. The van der Waals surface area contributed by atoms with Crippen LogP contribution in [0.25, 0.3) is 21.9 Å². The minimum Gasteiger partial charge on any atom is -0.504 e. The summed E-state index contributed by atoms with van der Waals surface area (Å²) < 4.78 is 17.1. The Balaban J connectivity index is 1.52. The van der Waals surface area contributed by atoms with E-state index >= 15 is 0 Å². The Bertz CT molecular complexity index is 1160. The van der Waals surface area contributed by atoms with Gasteiger partial charge in [0.25, 0.3) is 0 Å². The van der Waals surface area contributed by atoms with Crippen LogP contribution < -0.4 is 4.74 Å². The highest BCUT2D eigenvalue weighted by atomic mass is 16.8. The van der Waals surface area contributed by atoms with Crippen LogP contribution in [0.15, 0.2) is 54.6 Å². The molecule has 3 aromatic carbocycles. The van der Waals surface area contributed by atoms with E-state index in [1.165, 1.54) is 44.1 Å². The first kappa shape index (κ1) is 21.9. The maximum Gasteiger partial charge on any atom is 0.315 e. The van der Waals surface area contributed by atoms with Crippen LogP contribution in [0.5, 0.6) is 11.5 Å². The monoisotopic (exact) mass is 458 g/mol. The molecule has 0 saturated heterocycles. The Morgan fingerprint density at radius 3 is 2.26 bits per heavy atom. The van der Waals surface area contributed by atoms with Crippen LogP contribution in [0.4, 0.5) is 0 Å². The molecular weight excluding hydrogens is 424 g/mol. The molecule has 4 bridgehead atoms. The van der Waals surface area contributed by atoms with Gasteiger partial charge in [-0.25, -0.2) is 0 Å². The van der Waals surface area contributed by atoms with Gasteiger partial charge in [0.1, 0.15) is 0 Å². The molecule has 4 aliphatic rings. The predicted molar refractivity (Wildman–Crippen MR) is 134 cm³/mol. The first-order valence-electron chi connectivity index (χ1n) is 12.7. The third kappa shape index (κ3) is 3.68. The molecule has 4 fully saturated rings. The van der Waals surface area contributed by atoms with E-state index in [4.69, 9.17) is 14.2 Å². The Kier molecular flexibility index (Phi) is 5.54. The van der Waals surface area contributed by atoms with E-state index in [0.717, 1.165) is 39.7 Å². The van der Waals surface area contributed by atoms with Crippen molar-refractivity contribution >= 4 is 10.8 Å². The Morgan fingerprint density at radius 2 is 1.59 bits per heavy atom.